The summed E-state index contributed by atoms with van der Waals surface area (Å²) in [5.41, 5.74) is 8.34. The first kappa shape index (κ1) is 15.8. The minimum absolute atomic E-state index is 0.0704. The number of benzene rings is 1. The van der Waals surface area contributed by atoms with Gasteiger partial charge in [0.05, 0.1) is 0 Å². The van der Waals surface area contributed by atoms with Gasteiger partial charge in [0, 0.05) is 24.3 Å². The highest BCUT2D eigenvalue weighted by atomic mass is 16.1. The van der Waals surface area contributed by atoms with Gasteiger partial charge in [-0.1, -0.05) is 13.0 Å². The average Bonchev–Trinajstić information content (AvgIpc) is 2.66. The van der Waals surface area contributed by atoms with Crippen molar-refractivity contribution in [2.75, 3.05) is 30.7 Å². The van der Waals surface area contributed by atoms with Gasteiger partial charge in [0.1, 0.15) is 0 Å². The maximum absolute atomic E-state index is 12.1. The van der Waals surface area contributed by atoms with Gasteiger partial charge in [-0.15, -0.1) is 0 Å². The predicted octanol–water partition coefficient (Wildman–Crippen LogP) is 3.03. The van der Waals surface area contributed by atoms with E-state index in [2.05, 4.69) is 17.1 Å². The van der Waals surface area contributed by atoms with E-state index in [1.165, 1.54) is 19.3 Å². The maximum atomic E-state index is 12.1. The van der Waals surface area contributed by atoms with Crippen LogP contribution in [0.2, 0.25) is 0 Å². The van der Waals surface area contributed by atoms with Gasteiger partial charge in [0.2, 0.25) is 5.91 Å². The molecule has 4 nitrogen and oxygen atoms in total. The molecule has 3 N–H and O–H groups in total. The van der Waals surface area contributed by atoms with E-state index in [-0.39, 0.29) is 5.91 Å². The number of anilines is 2. The molecule has 1 unspecified atom stereocenters. The summed E-state index contributed by atoms with van der Waals surface area (Å²) >= 11 is 0. The van der Waals surface area contributed by atoms with E-state index < -0.39 is 0 Å². The Hall–Kier alpha value is -1.55. The first-order valence-electron chi connectivity index (χ1n) is 7.93. The molecule has 0 spiro atoms. The highest BCUT2D eigenvalue weighted by Gasteiger charge is 2.15. The van der Waals surface area contributed by atoms with Crippen LogP contribution >= 0.6 is 0 Å². The zero-order valence-electron chi connectivity index (χ0n) is 13.2. The third kappa shape index (κ3) is 4.74. The summed E-state index contributed by atoms with van der Waals surface area (Å²) in [5.74, 6) is 0.889. The standard InChI is InChI=1S/C17H27N3O/c1-13-5-4-10-20(11-8-13)12-9-17(21)19-16-7-3-6-15(18)14(16)2/h3,6-7,13H,4-5,8-12,18H2,1-2H3,(H,19,21). The fourth-order valence-electron chi connectivity index (χ4n) is 2.81. The van der Waals surface area contributed by atoms with Crippen LogP contribution in [0, 0.1) is 12.8 Å². The van der Waals surface area contributed by atoms with Crippen LogP contribution in [-0.4, -0.2) is 30.4 Å². The van der Waals surface area contributed by atoms with E-state index in [1.54, 1.807) is 0 Å². The van der Waals surface area contributed by atoms with Crippen molar-refractivity contribution >= 4 is 17.3 Å². The number of rotatable bonds is 4. The first-order chi connectivity index (χ1) is 10.1. The van der Waals surface area contributed by atoms with Crippen molar-refractivity contribution in [2.24, 2.45) is 5.92 Å². The average molecular weight is 289 g/mol. The number of hydrogen-bond acceptors (Lipinski definition) is 3. The third-order valence-electron chi connectivity index (χ3n) is 4.41. The molecule has 0 aliphatic carbocycles. The monoisotopic (exact) mass is 289 g/mol. The molecule has 1 aliphatic heterocycles. The van der Waals surface area contributed by atoms with Crippen molar-refractivity contribution in [3.05, 3.63) is 23.8 Å². The van der Waals surface area contributed by atoms with Crippen molar-refractivity contribution < 1.29 is 4.79 Å². The zero-order chi connectivity index (χ0) is 15.2. The lowest BCUT2D eigenvalue weighted by Crippen LogP contribution is -2.29. The molecule has 4 heteroatoms. The molecule has 1 amide bonds. The molecule has 116 valence electrons. The summed E-state index contributed by atoms with van der Waals surface area (Å²) < 4.78 is 0. The molecule has 1 aromatic carbocycles. The Labute approximate surface area is 127 Å². The summed E-state index contributed by atoms with van der Waals surface area (Å²) in [7, 11) is 0. The van der Waals surface area contributed by atoms with Gasteiger partial charge in [-0.25, -0.2) is 0 Å². The Morgan fingerprint density at radius 3 is 3.00 bits per heavy atom. The largest absolute Gasteiger partial charge is 0.398 e. The molecule has 1 aromatic rings. The lowest BCUT2D eigenvalue weighted by atomic mass is 10.0. The van der Waals surface area contributed by atoms with E-state index in [4.69, 9.17) is 5.73 Å². The number of amides is 1. The Bertz CT molecular complexity index is 487. The Morgan fingerprint density at radius 2 is 2.19 bits per heavy atom. The molecule has 1 fully saturated rings. The molecular formula is C17H27N3O. The van der Waals surface area contributed by atoms with Crippen molar-refractivity contribution in [2.45, 2.75) is 39.5 Å². The van der Waals surface area contributed by atoms with Crippen LogP contribution in [-0.2, 0) is 4.79 Å². The summed E-state index contributed by atoms with van der Waals surface area (Å²) in [4.78, 5) is 14.5. The van der Waals surface area contributed by atoms with Gasteiger partial charge in [-0.2, -0.15) is 0 Å². The number of likely N-dealkylation sites (tertiary alicyclic amines) is 1. The second-order valence-corrected chi connectivity index (χ2v) is 6.20. The highest BCUT2D eigenvalue weighted by Crippen LogP contribution is 2.21. The first-order valence-corrected chi connectivity index (χ1v) is 7.93. The molecule has 2 rings (SSSR count). The molecule has 21 heavy (non-hydrogen) atoms. The van der Waals surface area contributed by atoms with Gasteiger partial charge < -0.3 is 16.0 Å². The second-order valence-electron chi connectivity index (χ2n) is 6.20. The highest BCUT2D eigenvalue weighted by molar-refractivity contribution is 5.92. The molecular weight excluding hydrogens is 262 g/mol. The minimum atomic E-state index is 0.0704. The smallest absolute Gasteiger partial charge is 0.225 e. The summed E-state index contributed by atoms with van der Waals surface area (Å²) in [6, 6.07) is 5.62. The van der Waals surface area contributed by atoms with E-state index in [0.717, 1.165) is 36.8 Å². The fourth-order valence-corrected chi connectivity index (χ4v) is 2.81. The summed E-state index contributed by atoms with van der Waals surface area (Å²) in [6.07, 6.45) is 4.35. The topological polar surface area (TPSA) is 58.4 Å². The fraction of sp³-hybridized carbons (Fsp3) is 0.588. The van der Waals surface area contributed by atoms with Crippen molar-refractivity contribution in [1.29, 1.82) is 0 Å². The van der Waals surface area contributed by atoms with Crippen molar-refractivity contribution in [1.82, 2.24) is 4.90 Å². The van der Waals surface area contributed by atoms with Gasteiger partial charge in [-0.3, -0.25) is 4.79 Å². The quantitative estimate of drug-likeness (QED) is 0.838. The van der Waals surface area contributed by atoms with E-state index >= 15 is 0 Å². The number of carbonyl (C=O) groups is 1. The molecule has 1 heterocycles. The van der Waals surface area contributed by atoms with Crippen LogP contribution in [0.4, 0.5) is 11.4 Å². The molecule has 1 aliphatic rings. The van der Waals surface area contributed by atoms with Gasteiger partial charge in [0.25, 0.3) is 0 Å². The van der Waals surface area contributed by atoms with Crippen LogP contribution in [0.25, 0.3) is 0 Å². The molecule has 0 bridgehead atoms. The van der Waals surface area contributed by atoms with Gasteiger partial charge >= 0.3 is 0 Å². The molecule has 0 radical (unpaired) electrons. The molecule has 1 saturated heterocycles. The van der Waals surface area contributed by atoms with E-state index in [0.29, 0.717) is 12.1 Å². The number of nitrogens with zero attached hydrogens (tertiary/aromatic N) is 1. The lowest BCUT2D eigenvalue weighted by molar-refractivity contribution is -0.116. The number of nitrogen functional groups attached to an aromatic ring is 1. The van der Waals surface area contributed by atoms with Crippen LogP contribution in [0.5, 0.6) is 0 Å². The zero-order valence-corrected chi connectivity index (χ0v) is 13.2. The van der Waals surface area contributed by atoms with E-state index in [9.17, 15) is 4.79 Å². The van der Waals surface area contributed by atoms with E-state index in [1.807, 2.05) is 25.1 Å². The van der Waals surface area contributed by atoms with Gasteiger partial charge in [0.15, 0.2) is 0 Å². The second kappa shape index (κ2) is 7.46. The Morgan fingerprint density at radius 1 is 1.38 bits per heavy atom. The number of nitrogens with two attached hydrogens (primary N) is 1. The number of carbonyl (C=O) groups excluding carboxylic acids is 1. The van der Waals surface area contributed by atoms with Gasteiger partial charge in [-0.05, 0) is 62.9 Å². The number of hydrogen-bond donors (Lipinski definition) is 2. The van der Waals surface area contributed by atoms with Crippen LogP contribution < -0.4 is 11.1 Å². The van der Waals surface area contributed by atoms with Crippen LogP contribution in [0.15, 0.2) is 18.2 Å². The SMILES string of the molecule is Cc1c(N)cccc1NC(=O)CCN1CCCC(C)CC1. The van der Waals surface area contributed by atoms with Crippen molar-refractivity contribution in [3.63, 3.8) is 0 Å². The normalized spacial score (nSPS) is 20.0. The lowest BCUT2D eigenvalue weighted by Gasteiger charge is -2.19. The van der Waals surface area contributed by atoms with Crippen LogP contribution in [0.3, 0.4) is 0 Å². The molecule has 1 atom stereocenters. The van der Waals surface area contributed by atoms with Crippen LogP contribution in [0.1, 0.15) is 38.2 Å². The van der Waals surface area contributed by atoms with Crippen molar-refractivity contribution in [3.8, 4) is 0 Å². The number of nitrogens with one attached hydrogen (secondary N) is 1. The molecule has 0 aromatic heterocycles. The summed E-state index contributed by atoms with van der Waals surface area (Å²) in [5, 5.41) is 2.97. The molecule has 0 saturated carbocycles. The Balaban J connectivity index is 1.80. The maximum Gasteiger partial charge on any atom is 0.225 e. The summed E-state index contributed by atoms with van der Waals surface area (Å²) in [6.45, 7) is 7.33. The Kier molecular flexibility index (Phi) is 5.62. The predicted molar refractivity (Wildman–Crippen MR) is 88.3 cm³/mol. The minimum Gasteiger partial charge on any atom is -0.398 e. The third-order valence-corrected chi connectivity index (χ3v) is 4.41.